The molecule has 2 rings (SSSR count). The Kier molecular flexibility index (Phi) is 5.28. The zero-order valence-electron chi connectivity index (χ0n) is 13.7. The first-order valence-electron chi connectivity index (χ1n) is 7.64. The number of hydrogen-bond acceptors (Lipinski definition) is 5. The topological polar surface area (TPSA) is 114 Å². The van der Waals surface area contributed by atoms with E-state index in [4.69, 9.17) is 5.11 Å². The van der Waals surface area contributed by atoms with Gasteiger partial charge in [-0.15, -0.1) is 5.10 Å². The molecule has 0 aliphatic rings. The maximum absolute atomic E-state index is 12.3. The first-order chi connectivity index (χ1) is 11.3. The number of hydrogen-bond donors (Lipinski definition) is 2. The Bertz CT molecular complexity index is 813. The maximum Gasteiger partial charge on any atom is 0.303 e. The smallest absolute Gasteiger partial charge is 0.303 e. The van der Waals surface area contributed by atoms with Gasteiger partial charge in [-0.25, -0.2) is 4.68 Å². The van der Waals surface area contributed by atoms with Crippen molar-refractivity contribution in [1.82, 2.24) is 20.3 Å². The predicted molar refractivity (Wildman–Crippen MR) is 87.5 cm³/mol. The predicted octanol–water partition coefficient (Wildman–Crippen LogP) is 0.941. The average molecular weight is 332 g/mol. The SMILES string of the molecule is CC(C)(CCC(=O)O)NC(=O)CCn1nnc2ccccc2c1=O. The molecule has 0 fully saturated rings. The van der Waals surface area contributed by atoms with Crippen LogP contribution in [-0.2, 0) is 16.1 Å². The highest BCUT2D eigenvalue weighted by Crippen LogP contribution is 2.11. The van der Waals surface area contributed by atoms with Gasteiger partial charge in [-0.1, -0.05) is 17.3 Å². The molecule has 0 aliphatic heterocycles. The van der Waals surface area contributed by atoms with Crippen molar-refractivity contribution in [3.8, 4) is 0 Å². The third kappa shape index (κ3) is 4.61. The minimum absolute atomic E-state index is 0.0249. The highest BCUT2D eigenvalue weighted by molar-refractivity contribution is 5.77. The summed E-state index contributed by atoms with van der Waals surface area (Å²) in [6.07, 6.45) is 0.357. The molecule has 0 spiro atoms. The van der Waals surface area contributed by atoms with Crippen LogP contribution in [0.25, 0.3) is 10.9 Å². The fourth-order valence-corrected chi connectivity index (χ4v) is 2.30. The summed E-state index contributed by atoms with van der Waals surface area (Å²) in [7, 11) is 0. The number of carbonyl (C=O) groups is 2. The zero-order valence-corrected chi connectivity index (χ0v) is 13.7. The summed E-state index contributed by atoms with van der Waals surface area (Å²) in [5, 5.41) is 19.7. The van der Waals surface area contributed by atoms with Crippen LogP contribution in [-0.4, -0.2) is 37.5 Å². The molecule has 128 valence electrons. The van der Waals surface area contributed by atoms with Gasteiger partial charge >= 0.3 is 5.97 Å². The Morgan fingerprint density at radius 3 is 2.67 bits per heavy atom. The molecule has 0 bridgehead atoms. The van der Waals surface area contributed by atoms with Crippen molar-refractivity contribution in [2.24, 2.45) is 0 Å². The lowest BCUT2D eigenvalue weighted by Crippen LogP contribution is -2.44. The van der Waals surface area contributed by atoms with Crippen LogP contribution >= 0.6 is 0 Å². The van der Waals surface area contributed by atoms with Crippen LogP contribution in [0.5, 0.6) is 0 Å². The van der Waals surface area contributed by atoms with E-state index in [9.17, 15) is 14.4 Å². The number of nitrogens with zero attached hydrogens (tertiary/aromatic N) is 3. The average Bonchev–Trinajstić information content (AvgIpc) is 2.52. The molecule has 0 saturated carbocycles. The monoisotopic (exact) mass is 332 g/mol. The molecule has 1 heterocycles. The molecule has 24 heavy (non-hydrogen) atoms. The van der Waals surface area contributed by atoms with E-state index in [0.717, 1.165) is 4.68 Å². The fourth-order valence-electron chi connectivity index (χ4n) is 2.30. The molecule has 0 saturated heterocycles. The van der Waals surface area contributed by atoms with Gasteiger partial charge in [0.2, 0.25) is 5.91 Å². The van der Waals surface area contributed by atoms with Crippen LogP contribution < -0.4 is 10.9 Å². The van der Waals surface area contributed by atoms with Crippen LogP contribution in [0.1, 0.15) is 33.1 Å². The number of amides is 1. The molecule has 0 aliphatic carbocycles. The summed E-state index contributed by atoms with van der Waals surface area (Å²) in [5.74, 6) is -1.18. The van der Waals surface area contributed by atoms with Crippen molar-refractivity contribution in [3.05, 3.63) is 34.6 Å². The largest absolute Gasteiger partial charge is 0.481 e. The molecule has 1 aromatic carbocycles. The van der Waals surface area contributed by atoms with Crippen molar-refractivity contribution in [2.75, 3.05) is 0 Å². The third-order valence-electron chi connectivity index (χ3n) is 3.62. The number of aryl methyl sites for hydroxylation is 1. The molecule has 0 atom stereocenters. The van der Waals surface area contributed by atoms with Crippen LogP contribution in [0.15, 0.2) is 29.1 Å². The summed E-state index contributed by atoms with van der Waals surface area (Å²) >= 11 is 0. The van der Waals surface area contributed by atoms with Gasteiger partial charge in [-0.3, -0.25) is 14.4 Å². The Balaban J connectivity index is 1.98. The lowest BCUT2D eigenvalue weighted by Gasteiger charge is -2.25. The first-order valence-corrected chi connectivity index (χ1v) is 7.64. The standard InChI is InChI=1S/C16H20N4O4/c1-16(2,9-7-14(22)23)17-13(21)8-10-20-15(24)11-5-3-4-6-12(11)18-19-20/h3-6H,7-10H2,1-2H3,(H,17,21)(H,22,23). The van der Waals surface area contributed by atoms with Gasteiger partial charge in [0.25, 0.3) is 5.56 Å². The van der Waals surface area contributed by atoms with Gasteiger partial charge in [0.1, 0.15) is 5.52 Å². The van der Waals surface area contributed by atoms with Crippen molar-refractivity contribution in [1.29, 1.82) is 0 Å². The molecular weight excluding hydrogens is 312 g/mol. The molecule has 2 aromatic rings. The number of nitrogens with one attached hydrogen (secondary N) is 1. The van der Waals surface area contributed by atoms with E-state index < -0.39 is 11.5 Å². The normalized spacial score (nSPS) is 11.4. The van der Waals surface area contributed by atoms with E-state index in [1.165, 1.54) is 0 Å². The van der Waals surface area contributed by atoms with E-state index in [1.54, 1.807) is 38.1 Å². The Hall–Kier alpha value is -2.77. The van der Waals surface area contributed by atoms with Gasteiger partial charge in [0.05, 0.1) is 11.9 Å². The summed E-state index contributed by atoms with van der Waals surface area (Å²) in [6.45, 7) is 3.63. The quantitative estimate of drug-likeness (QED) is 0.780. The highest BCUT2D eigenvalue weighted by atomic mass is 16.4. The van der Waals surface area contributed by atoms with E-state index in [2.05, 4.69) is 15.6 Å². The number of fused-ring (bicyclic) bond motifs is 1. The second-order valence-corrected chi connectivity index (χ2v) is 6.21. The Morgan fingerprint density at radius 1 is 1.25 bits per heavy atom. The van der Waals surface area contributed by atoms with Gasteiger partial charge < -0.3 is 10.4 Å². The zero-order chi connectivity index (χ0) is 17.7. The van der Waals surface area contributed by atoms with E-state index in [-0.39, 0.29) is 30.9 Å². The van der Waals surface area contributed by atoms with Crippen LogP contribution in [0.3, 0.4) is 0 Å². The van der Waals surface area contributed by atoms with Gasteiger partial charge in [-0.2, -0.15) is 0 Å². The molecule has 1 amide bonds. The Morgan fingerprint density at radius 2 is 1.96 bits per heavy atom. The molecule has 0 unspecified atom stereocenters. The minimum atomic E-state index is -0.907. The number of benzene rings is 1. The summed E-state index contributed by atoms with van der Waals surface area (Å²) < 4.78 is 1.16. The number of carboxylic acid groups (broad SMARTS) is 1. The minimum Gasteiger partial charge on any atom is -0.481 e. The van der Waals surface area contributed by atoms with E-state index >= 15 is 0 Å². The number of carboxylic acids is 1. The number of carbonyl (C=O) groups excluding carboxylic acids is 1. The molecule has 1 aromatic heterocycles. The number of rotatable bonds is 7. The second kappa shape index (κ2) is 7.20. The highest BCUT2D eigenvalue weighted by Gasteiger charge is 2.21. The van der Waals surface area contributed by atoms with Gasteiger partial charge in [0.15, 0.2) is 0 Å². The van der Waals surface area contributed by atoms with Crippen molar-refractivity contribution < 1.29 is 14.7 Å². The molecular formula is C16H20N4O4. The third-order valence-corrected chi connectivity index (χ3v) is 3.62. The molecule has 8 nitrogen and oxygen atoms in total. The van der Waals surface area contributed by atoms with Crippen LogP contribution in [0.2, 0.25) is 0 Å². The lowest BCUT2D eigenvalue weighted by molar-refractivity contribution is -0.137. The summed E-state index contributed by atoms with van der Waals surface area (Å²) in [6, 6.07) is 6.88. The van der Waals surface area contributed by atoms with Crippen molar-refractivity contribution in [2.45, 2.75) is 45.2 Å². The van der Waals surface area contributed by atoms with Crippen LogP contribution in [0.4, 0.5) is 0 Å². The molecule has 2 N–H and O–H groups in total. The summed E-state index contributed by atoms with van der Waals surface area (Å²) in [4.78, 5) is 34.9. The Labute approximate surface area is 138 Å². The molecule has 8 heteroatoms. The lowest BCUT2D eigenvalue weighted by atomic mass is 9.98. The fraction of sp³-hybridized carbons (Fsp3) is 0.438. The van der Waals surface area contributed by atoms with Crippen molar-refractivity contribution >= 4 is 22.8 Å². The maximum atomic E-state index is 12.3. The second-order valence-electron chi connectivity index (χ2n) is 6.21. The van der Waals surface area contributed by atoms with E-state index in [1.807, 2.05) is 0 Å². The van der Waals surface area contributed by atoms with E-state index in [0.29, 0.717) is 17.3 Å². The number of aromatic nitrogens is 3. The first kappa shape index (κ1) is 17.6. The summed E-state index contributed by atoms with van der Waals surface area (Å²) in [5.41, 5.74) is -0.410. The molecule has 0 radical (unpaired) electrons. The van der Waals surface area contributed by atoms with Gasteiger partial charge in [0, 0.05) is 18.4 Å². The van der Waals surface area contributed by atoms with Crippen molar-refractivity contribution in [3.63, 3.8) is 0 Å². The number of aliphatic carboxylic acids is 1. The van der Waals surface area contributed by atoms with Crippen LogP contribution in [0, 0.1) is 0 Å². The van der Waals surface area contributed by atoms with Gasteiger partial charge in [-0.05, 0) is 32.4 Å².